The van der Waals surface area contributed by atoms with E-state index in [9.17, 15) is 4.79 Å². The fourth-order valence-corrected chi connectivity index (χ4v) is 1.02. The Morgan fingerprint density at radius 3 is 2.38 bits per heavy atom. The van der Waals surface area contributed by atoms with Crippen molar-refractivity contribution in [2.75, 3.05) is 6.61 Å². The molecule has 0 aliphatic rings. The smallest absolute Gasteiger partial charge is 0.305 e. The van der Waals surface area contributed by atoms with Crippen LogP contribution in [0.3, 0.4) is 0 Å². The van der Waals surface area contributed by atoms with E-state index in [-0.39, 0.29) is 16.8 Å². The quantitative estimate of drug-likeness (QED) is 0.522. The third kappa shape index (κ3) is 5.92. The molecule has 2 nitrogen and oxygen atoms in total. The van der Waals surface area contributed by atoms with Crippen LogP contribution in [-0.2, 0) is 9.53 Å². The van der Waals surface area contributed by atoms with E-state index < -0.39 is 0 Å². The normalized spacial score (nSPS) is 13.9. The molecule has 0 radical (unpaired) electrons. The molecule has 0 fully saturated rings. The Labute approximate surface area is 85.6 Å². The van der Waals surface area contributed by atoms with Crippen LogP contribution in [-0.4, -0.2) is 18.0 Å². The first kappa shape index (κ1) is 12.8. The van der Waals surface area contributed by atoms with Crippen LogP contribution in [0.2, 0.25) is 0 Å². The van der Waals surface area contributed by atoms with Crippen LogP contribution in [0.15, 0.2) is 0 Å². The minimum Gasteiger partial charge on any atom is -0.466 e. The Morgan fingerprint density at radius 1 is 1.46 bits per heavy atom. The van der Waals surface area contributed by atoms with Crippen LogP contribution in [0.5, 0.6) is 0 Å². The van der Waals surface area contributed by atoms with Gasteiger partial charge in [-0.05, 0) is 18.8 Å². The lowest BCUT2D eigenvalue weighted by molar-refractivity contribution is -0.143. The predicted molar refractivity (Wildman–Crippen MR) is 55.0 cm³/mol. The summed E-state index contributed by atoms with van der Waals surface area (Å²) in [6.07, 6.45) is 1.10. The maximum Gasteiger partial charge on any atom is 0.305 e. The molecule has 0 saturated heterocycles. The van der Waals surface area contributed by atoms with Gasteiger partial charge in [0.15, 0.2) is 0 Å². The highest BCUT2D eigenvalue weighted by Gasteiger charge is 2.22. The van der Waals surface area contributed by atoms with E-state index in [0.717, 1.165) is 0 Å². The highest BCUT2D eigenvalue weighted by atomic mass is 35.5. The topological polar surface area (TPSA) is 26.3 Å². The van der Waals surface area contributed by atoms with Gasteiger partial charge in [0.2, 0.25) is 0 Å². The number of rotatable bonds is 4. The number of hydrogen-bond acceptors (Lipinski definition) is 2. The lowest BCUT2D eigenvalue weighted by atomic mass is 9.89. The van der Waals surface area contributed by atoms with Gasteiger partial charge < -0.3 is 4.74 Å². The Morgan fingerprint density at radius 2 is 2.00 bits per heavy atom. The van der Waals surface area contributed by atoms with Gasteiger partial charge in [0.1, 0.15) is 0 Å². The molecular weight excluding hydrogens is 188 g/mol. The summed E-state index contributed by atoms with van der Waals surface area (Å²) >= 11 is 6.09. The van der Waals surface area contributed by atoms with Gasteiger partial charge in [-0.1, -0.05) is 20.8 Å². The predicted octanol–water partition coefficient (Wildman–Crippen LogP) is 2.98. The van der Waals surface area contributed by atoms with Gasteiger partial charge >= 0.3 is 5.97 Å². The number of ether oxygens (including phenoxy) is 1. The van der Waals surface area contributed by atoms with Gasteiger partial charge in [-0.3, -0.25) is 4.79 Å². The summed E-state index contributed by atoms with van der Waals surface area (Å²) in [5.74, 6) is -0.155. The molecular formula is C10H19ClO2. The van der Waals surface area contributed by atoms with E-state index in [0.29, 0.717) is 19.4 Å². The number of carbonyl (C=O) groups is 1. The molecule has 78 valence electrons. The van der Waals surface area contributed by atoms with E-state index >= 15 is 0 Å². The first-order valence-corrected chi connectivity index (χ1v) is 5.11. The minimum atomic E-state index is -0.155. The van der Waals surface area contributed by atoms with Crippen molar-refractivity contribution >= 4 is 17.6 Å². The molecule has 13 heavy (non-hydrogen) atoms. The largest absolute Gasteiger partial charge is 0.466 e. The van der Waals surface area contributed by atoms with Crippen molar-refractivity contribution in [1.82, 2.24) is 0 Å². The molecule has 0 aromatic carbocycles. The second kappa shape index (κ2) is 5.48. The van der Waals surface area contributed by atoms with Crippen LogP contribution in [0.4, 0.5) is 0 Å². The van der Waals surface area contributed by atoms with E-state index in [2.05, 4.69) is 20.8 Å². The van der Waals surface area contributed by atoms with Gasteiger partial charge in [-0.25, -0.2) is 0 Å². The maximum absolute atomic E-state index is 11.0. The highest BCUT2D eigenvalue weighted by Crippen LogP contribution is 2.27. The third-order valence-electron chi connectivity index (χ3n) is 1.85. The molecule has 0 aliphatic heterocycles. The van der Waals surface area contributed by atoms with Crippen LogP contribution in [0.25, 0.3) is 0 Å². The molecule has 1 atom stereocenters. The van der Waals surface area contributed by atoms with Crippen molar-refractivity contribution in [3.05, 3.63) is 0 Å². The van der Waals surface area contributed by atoms with Crippen LogP contribution >= 0.6 is 11.6 Å². The van der Waals surface area contributed by atoms with E-state index in [1.807, 2.05) is 0 Å². The van der Waals surface area contributed by atoms with Gasteiger partial charge in [-0.2, -0.15) is 0 Å². The molecule has 0 bridgehead atoms. The van der Waals surface area contributed by atoms with Crippen molar-refractivity contribution in [3.63, 3.8) is 0 Å². The number of carbonyl (C=O) groups excluding carboxylic acids is 1. The average Bonchev–Trinajstić information content (AvgIpc) is 1.99. The molecule has 0 aliphatic carbocycles. The fourth-order valence-electron chi connectivity index (χ4n) is 0.911. The van der Waals surface area contributed by atoms with Crippen LogP contribution in [0.1, 0.15) is 40.5 Å². The zero-order chi connectivity index (χ0) is 10.5. The number of halogens is 1. The number of esters is 1. The Bertz CT molecular complexity index is 161. The summed E-state index contributed by atoms with van der Waals surface area (Å²) in [5, 5.41) is 0.0249. The Hall–Kier alpha value is -0.240. The lowest BCUT2D eigenvalue weighted by Crippen LogP contribution is -2.21. The van der Waals surface area contributed by atoms with E-state index in [1.54, 1.807) is 6.92 Å². The van der Waals surface area contributed by atoms with Gasteiger partial charge in [-0.15, -0.1) is 11.6 Å². The minimum absolute atomic E-state index is 0.0249. The molecule has 0 aromatic rings. The molecule has 0 aromatic heterocycles. The van der Waals surface area contributed by atoms with Crippen molar-refractivity contribution in [2.24, 2.45) is 5.41 Å². The third-order valence-corrected chi connectivity index (χ3v) is 2.72. The monoisotopic (exact) mass is 206 g/mol. The first-order valence-electron chi connectivity index (χ1n) is 4.67. The van der Waals surface area contributed by atoms with Gasteiger partial charge in [0.25, 0.3) is 0 Å². The molecule has 0 heterocycles. The molecule has 0 rings (SSSR count). The average molecular weight is 207 g/mol. The molecule has 0 saturated carbocycles. The molecule has 0 spiro atoms. The summed E-state index contributed by atoms with van der Waals surface area (Å²) in [7, 11) is 0. The van der Waals surface area contributed by atoms with Gasteiger partial charge in [0, 0.05) is 11.8 Å². The molecule has 3 heteroatoms. The molecule has 0 N–H and O–H groups in total. The van der Waals surface area contributed by atoms with Crippen LogP contribution in [0, 0.1) is 5.41 Å². The zero-order valence-corrected chi connectivity index (χ0v) is 9.65. The fraction of sp³-hybridized carbons (Fsp3) is 0.900. The van der Waals surface area contributed by atoms with Crippen molar-refractivity contribution in [3.8, 4) is 0 Å². The summed E-state index contributed by atoms with van der Waals surface area (Å²) in [6, 6.07) is 0. The van der Waals surface area contributed by atoms with Gasteiger partial charge in [0.05, 0.1) is 6.61 Å². The van der Waals surface area contributed by atoms with Crippen molar-refractivity contribution in [2.45, 2.75) is 45.9 Å². The maximum atomic E-state index is 11.0. The van der Waals surface area contributed by atoms with Crippen molar-refractivity contribution in [1.29, 1.82) is 0 Å². The molecule has 0 amide bonds. The second-order valence-electron chi connectivity index (χ2n) is 4.18. The van der Waals surface area contributed by atoms with E-state index in [4.69, 9.17) is 16.3 Å². The molecule has 1 unspecified atom stereocenters. The number of alkyl halides is 1. The standard InChI is InChI=1S/C10H19ClO2/c1-5-13-9(12)7-6-8(11)10(2,3)4/h8H,5-7H2,1-4H3. The zero-order valence-electron chi connectivity index (χ0n) is 8.89. The highest BCUT2D eigenvalue weighted by molar-refractivity contribution is 6.21. The summed E-state index contributed by atoms with van der Waals surface area (Å²) in [4.78, 5) is 11.0. The van der Waals surface area contributed by atoms with E-state index in [1.165, 1.54) is 0 Å². The lowest BCUT2D eigenvalue weighted by Gasteiger charge is -2.24. The Balaban J connectivity index is 3.70. The Kier molecular flexibility index (Phi) is 5.38. The van der Waals surface area contributed by atoms with Crippen LogP contribution < -0.4 is 0 Å². The summed E-state index contributed by atoms with van der Waals surface area (Å²) < 4.78 is 4.81. The summed E-state index contributed by atoms with van der Waals surface area (Å²) in [6.45, 7) is 8.45. The SMILES string of the molecule is CCOC(=O)CCC(Cl)C(C)(C)C. The summed E-state index contributed by atoms with van der Waals surface area (Å²) in [5.41, 5.74) is 0.0497. The van der Waals surface area contributed by atoms with Crippen molar-refractivity contribution < 1.29 is 9.53 Å². The second-order valence-corrected chi connectivity index (χ2v) is 4.70. The number of hydrogen-bond donors (Lipinski definition) is 0. The first-order chi connectivity index (χ1) is 5.88.